The van der Waals surface area contributed by atoms with E-state index < -0.39 is 0 Å². The number of pyridine rings is 1. The van der Waals surface area contributed by atoms with E-state index in [4.69, 9.17) is 5.73 Å². The van der Waals surface area contributed by atoms with Crippen LogP contribution in [0.1, 0.15) is 17.9 Å². The molecule has 110 valence electrons. The summed E-state index contributed by atoms with van der Waals surface area (Å²) in [6.07, 6.45) is 4.67. The summed E-state index contributed by atoms with van der Waals surface area (Å²) in [7, 11) is 1.89. The number of nitrogens with two attached hydrogens (primary N) is 1. The third-order valence-corrected chi connectivity index (χ3v) is 4.30. The van der Waals surface area contributed by atoms with Crippen molar-refractivity contribution in [1.82, 2.24) is 14.8 Å². The van der Waals surface area contributed by atoms with E-state index >= 15 is 0 Å². The standard InChI is InChI=1S/C17H16N4O/c1-21-9-13-6-12(8-19-17(13)20-21)10-2-4-11(5-3-10)14-7-15(14)16(18)22/h2-6,8-9,14-15H,7H2,1H3,(H2,18,22)/t14-,15+/m1/s1. The molecule has 0 aliphatic heterocycles. The van der Waals surface area contributed by atoms with Crippen LogP contribution >= 0.6 is 0 Å². The fourth-order valence-electron chi connectivity index (χ4n) is 2.99. The topological polar surface area (TPSA) is 73.8 Å². The molecule has 1 fully saturated rings. The second kappa shape index (κ2) is 4.66. The molecule has 1 amide bonds. The molecule has 0 bridgehead atoms. The Morgan fingerprint density at radius 2 is 2.05 bits per heavy atom. The predicted octanol–water partition coefficient (Wildman–Crippen LogP) is 2.22. The van der Waals surface area contributed by atoms with Gasteiger partial charge in [0, 0.05) is 36.3 Å². The summed E-state index contributed by atoms with van der Waals surface area (Å²) >= 11 is 0. The number of primary amides is 1. The van der Waals surface area contributed by atoms with Crippen molar-refractivity contribution in [2.45, 2.75) is 12.3 Å². The van der Waals surface area contributed by atoms with E-state index in [2.05, 4.69) is 40.4 Å². The first-order chi connectivity index (χ1) is 10.6. The van der Waals surface area contributed by atoms with Gasteiger partial charge in [0.2, 0.25) is 5.91 Å². The van der Waals surface area contributed by atoms with Crippen LogP contribution in [-0.2, 0) is 11.8 Å². The number of aromatic nitrogens is 3. The highest BCUT2D eigenvalue weighted by Crippen LogP contribution is 2.47. The van der Waals surface area contributed by atoms with Crippen molar-refractivity contribution in [3.8, 4) is 11.1 Å². The van der Waals surface area contributed by atoms with Crippen LogP contribution in [-0.4, -0.2) is 20.7 Å². The van der Waals surface area contributed by atoms with Gasteiger partial charge in [0.05, 0.1) is 0 Å². The molecule has 1 aliphatic carbocycles. The van der Waals surface area contributed by atoms with Crippen molar-refractivity contribution in [1.29, 1.82) is 0 Å². The highest BCUT2D eigenvalue weighted by molar-refractivity contribution is 5.82. The number of aryl methyl sites for hydroxylation is 1. The summed E-state index contributed by atoms with van der Waals surface area (Å²) < 4.78 is 1.77. The van der Waals surface area contributed by atoms with E-state index in [0.29, 0.717) is 5.92 Å². The second-order valence-corrected chi connectivity index (χ2v) is 5.91. The Labute approximate surface area is 127 Å². The van der Waals surface area contributed by atoms with E-state index in [1.807, 2.05) is 19.4 Å². The average molecular weight is 292 g/mol. The predicted molar refractivity (Wildman–Crippen MR) is 84.0 cm³/mol. The molecule has 0 spiro atoms. The zero-order valence-corrected chi connectivity index (χ0v) is 12.2. The first-order valence-electron chi connectivity index (χ1n) is 7.31. The van der Waals surface area contributed by atoms with Crippen LogP contribution in [0, 0.1) is 5.92 Å². The molecule has 0 radical (unpaired) electrons. The Balaban J connectivity index is 1.63. The fraction of sp³-hybridized carbons (Fsp3) is 0.235. The average Bonchev–Trinajstić information content (AvgIpc) is 3.22. The van der Waals surface area contributed by atoms with Crippen LogP contribution in [0.2, 0.25) is 0 Å². The van der Waals surface area contributed by atoms with Gasteiger partial charge in [-0.15, -0.1) is 0 Å². The third-order valence-electron chi connectivity index (χ3n) is 4.30. The van der Waals surface area contributed by atoms with Gasteiger partial charge in [-0.05, 0) is 29.5 Å². The normalized spacial score (nSPS) is 20.2. The quantitative estimate of drug-likeness (QED) is 0.804. The second-order valence-electron chi connectivity index (χ2n) is 5.91. The molecule has 2 aromatic heterocycles. The lowest BCUT2D eigenvalue weighted by Crippen LogP contribution is -2.13. The van der Waals surface area contributed by atoms with Gasteiger partial charge >= 0.3 is 0 Å². The van der Waals surface area contributed by atoms with Crippen molar-refractivity contribution in [2.24, 2.45) is 18.7 Å². The largest absolute Gasteiger partial charge is 0.369 e. The number of carbonyl (C=O) groups is 1. The molecule has 2 N–H and O–H groups in total. The van der Waals surface area contributed by atoms with Crippen LogP contribution in [0.15, 0.2) is 42.7 Å². The molecule has 3 aromatic rings. The smallest absolute Gasteiger partial charge is 0.221 e. The summed E-state index contributed by atoms with van der Waals surface area (Å²) in [4.78, 5) is 15.6. The van der Waals surface area contributed by atoms with E-state index in [1.165, 1.54) is 5.56 Å². The minimum absolute atomic E-state index is 0.0132. The highest BCUT2D eigenvalue weighted by atomic mass is 16.1. The van der Waals surface area contributed by atoms with Crippen LogP contribution in [0.4, 0.5) is 0 Å². The van der Waals surface area contributed by atoms with Crippen LogP contribution in [0.3, 0.4) is 0 Å². The van der Waals surface area contributed by atoms with Gasteiger partial charge in [0.1, 0.15) is 0 Å². The van der Waals surface area contributed by atoms with Gasteiger partial charge in [-0.2, -0.15) is 5.10 Å². The first kappa shape index (κ1) is 13.0. The van der Waals surface area contributed by atoms with Crippen molar-refractivity contribution < 1.29 is 4.79 Å². The Kier molecular flexibility index (Phi) is 2.76. The molecular weight excluding hydrogens is 276 g/mol. The summed E-state index contributed by atoms with van der Waals surface area (Å²) in [5.41, 5.74) is 9.46. The SMILES string of the molecule is Cn1cc2cc(-c3ccc([C@H]4C[C@@H]4C(N)=O)cc3)cnc2n1. The van der Waals surface area contributed by atoms with Crippen LogP contribution in [0.25, 0.3) is 22.2 Å². The Morgan fingerprint density at radius 3 is 2.73 bits per heavy atom. The van der Waals surface area contributed by atoms with Crippen molar-refractivity contribution >= 4 is 16.9 Å². The number of amides is 1. The molecular formula is C17H16N4O. The van der Waals surface area contributed by atoms with Gasteiger partial charge in [-0.1, -0.05) is 24.3 Å². The number of benzene rings is 1. The van der Waals surface area contributed by atoms with Gasteiger partial charge in [0.15, 0.2) is 5.65 Å². The van der Waals surface area contributed by atoms with E-state index in [1.54, 1.807) is 4.68 Å². The number of fused-ring (bicyclic) bond motifs is 1. The number of carbonyl (C=O) groups excluding carboxylic acids is 1. The lowest BCUT2D eigenvalue weighted by atomic mass is 10.0. The Hall–Kier alpha value is -2.69. The molecule has 1 aromatic carbocycles. The molecule has 2 heterocycles. The molecule has 0 unspecified atom stereocenters. The van der Waals surface area contributed by atoms with E-state index in [0.717, 1.165) is 28.6 Å². The summed E-state index contributed by atoms with van der Waals surface area (Å²) in [5, 5.41) is 5.31. The summed E-state index contributed by atoms with van der Waals surface area (Å²) in [5.74, 6) is 0.116. The maximum atomic E-state index is 11.2. The molecule has 22 heavy (non-hydrogen) atoms. The van der Waals surface area contributed by atoms with Gasteiger partial charge < -0.3 is 5.73 Å². The Bertz CT molecular complexity index is 866. The van der Waals surface area contributed by atoms with Crippen molar-refractivity contribution in [3.63, 3.8) is 0 Å². The fourth-order valence-corrected chi connectivity index (χ4v) is 2.99. The lowest BCUT2D eigenvalue weighted by molar-refractivity contribution is -0.119. The molecule has 5 nitrogen and oxygen atoms in total. The maximum absolute atomic E-state index is 11.2. The van der Waals surface area contributed by atoms with Gasteiger partial charge in [0.25, 0.3) is 0 Å². The molecule has 2 atom stereocenters. The summed E-state index contributed by atoms with van der Waals surface area (Å²) in [6.45, 7) is 0. The molecule has 4 rings (SSSR count). The van der Waals surface area contributed by atoms with Crippen LogP contribution in [0.5, 0.6) is 0 Å². The zero-order chi connectivity index (χ0) is 15.3. The molecule has 1 saturated carbocycles. The minimum Gasteiger partial charge on any atom is -0.369 e. The number of nitrogens with zero attached hydrogens (tertiary/aromatic N) is 3. The lowest BCUT2D eigenvalue weighted by Gasteiger charge is -2.04. The molecule has 5 heteroatoms. The van der Waals surface area contributed by atoms with E-state index in [9.17, 15) is 4.79 Å². The number of rotatable bonds is 3. The van der Waals surface area contributed by atoms with Crippen molar-refractivity contribution in [2.75, 3.05) is 0 Å². The van der Waals surface area contributed by atoms with Crippen molar-refractivity contribution in [3.05, 3.63) is 48.3 Å². The molecule has 0 saturated heterocycles. The summed E-state index contributed by atoms with van der Waals surface area (Å²) in [6, 6.07) is 10.4. The van der Waals surface area contributed by atoms with Gasteiger partial charge in [-0.25, -0.2) is 4.98 Å². The first-order valence-corrected chi connectivity index (χ1v) is 7.31. The minimum atomic E-state index is -0.194. The Morgan fingerprint density at radius 1 is 1.27 bits per heavy atom. The van der Waals surface area contributed by atoms with Crippen LogP contribution < -0.4 is 5.73 Å². The zero-order valence-electron chi connectivity index (χ0n) is 12.2. The van der Waals surface area contributed by atoms with Gasteiger partial charge in [-0.3, -0.25) is 9.48 Å². The maximum Gasteiger partial charge on any atom is 0.221 e. The van der Waals surface area contributed by atoms with E-state index in [-0.39, 0.29) is 11.8 Å². The number of hydrogen-bond acceptors (Lipinski definition) is 3. The number of hydrogen-bond donors (Lipinski definition) is 1. The highest BCUT2D eigenvalue weighted by Gasteiger charge is 2.42. The molecule has 1 aliphatic rings. The monoisotopic (exact) mass is 292 g/mol. The third kappa shape index (κ3) is 2.15.